The molecule has 1 amide bonds. The molecule has 0 bridgehead atoms. The fraction of sp³-hybridized carbons (Fsp3) is 0.923. The molecule has 2 fully saturated rings. The van der Waals surface area contributed by atoms with Crippen LogP contribution in [-0.2, 0) is 4.79 Å². The second-order valence-corrected chi connectivity index (χ2v) is 5.74. The summed E-state index contributed by atoms with van der Waals surface area (Å²) in [6, 6.07) is 0.548. The molecule has 1 aliphatic heterocycles. The minimum absolute atomic E-state index is 0.187. The first-order valence-electron chi connectivity index (χ1n) is 6.80. The molecular formula is C13H24N2O2. The van der Waals surface area contributed by atoms with Crippen LogP contribution in [0.25, 0.3) is 0 Å². The van der Waals surface area contributed by atoms with Gasteiger partial charge < -0.3 is 15.3 Å². The van der Waals surface area contributed by atoms with Crippen molar-refractivity contribution in [2.24, 2.45) is 0 Å². The van der Waals surface area contributed by atoms with E-state index >= 15 is 0 Å². The van der Waals surface area contributed by atoms with Crippen LogP contribution in [0.2, 0.25) is 0 Å². The van der Waals surface area contributed by atoms with Gasteiger partial charge in [0.1, 0.15) is 0 Å². The lowest BCUT2D eigenvalue weighted by atomic mass is 9.94. The van der Waals surface area contributed by atoms with Crippen LogP contribution < -0.4 is 5.32 Å². The van der Waals surface area contributed by atoms with Crippen LogP contribution in [0.4, 0.5) is 0 Å². The summed E-state index contributed by atoms with van der Waals surface area (Å²) in [6.07, 6.45) is 6.39. The maximum absolute atomic E-state index is 11.9. The van der Waals surface area contributed by atoms with E-state index in [-0.39, 0.29) is 5.91 Å². The zero-order valence-electron chi connectivity index (χ0n) is 10.7. The van der Waals surface area contributed by atoms with E-state index in [1.807, 2.05) is 11.8 Å². The average Bonchev–Trinajstić information content (AvgIpc) is 2.78. The summed E-state index contributed by atoms with van der Waals surface area (Å²) in [7, 11) is 0. The van der Waals surface area contributed by atoms with Gasteiger partial charge in [-0.05, 0) is 32.6 Å². The number of rotatable bonds is 3. The predicted octanol–water partition coefficient (Wildman–Crippen LogP) is 0.892. The molecule has 4 nitrogen and oxygen atoms in total. The number of hydrogen-bond donors (Lipinski definition) is 2. The molecule has 0 aromatic carbocycles. The number of carbonyl (C=O) groups excluding carboxylic acids is 1. The number of likely N-dealkylation sites (tertiary alicyclic amines) is 1. The molecule has 0 radical (unpaired) electrons. The van der Waals surface area contributed by atoms with Crippen molar-refractivity contribution in [2.45, 2.75) is 57.1 Å². The summed E-state index contributed by atoms with van der Waals surface area (Å²) >= 11 is 0. The Morgan fingerprint density at radius 1 is 1.35 bits per heavy atom. The van der Waals surface area contributed by atoms with E-state index in [2.05, 4.69) is 5.32 Å². The Hall–Kier alpha value is -0.610. The van der Waals surface area contributed by atoms with E-state index in [1.165, 1.54) is 25.7 Å². The van der Waals surface area contributed by atoms with Gasteiger partial charge in [0.25, 0.3) is 0 Å². The first-order valence-corrected chi connectivity index (χ1v) is 6.80. The van der Waals surface area contributed by atoms with Crippen LogP contribution in [0.3, 0.4) is 0 Å². The molecule has 2 N–H and O–H groups in total. The topological polar surface area (TPSA) is 52.6 Å². The molecule has 0 aromatic rings. The summed E-state index contributed by atoms with van der Waals surface area (Å²) in [5.41, 5.74) is -0.574. The molecule has 98 valence electrons. The number of piperidine rings is 1. The van der Waals surface area contributed by atoms with E-state index in [9.17, 15) is 9.90 Å². The molecule has 0 spiro atoms. The molecule has 2 aliphatic rings. The third kappa shape index (κ3) is 3.68. The summed E-state index contributed by atoms with van der Waals surface area (Å²) in [4.78, 5) is 13.8. The highest BCUT2D eigenvalue weighted by atomic mass is 16.3. The van der Waals surface area contributed by atoms with Gasteiger partial charge in [0, 0.05) is 19.1 Å². The molecular weight excluding hydrogens is 216 g/mol. The highest BCUT2D eigenvalue weighted by Gasteiger charge is 2.29. The van der Waals surface area contributed by atoms with Crippen molar-refractivity contribution < 1.29 is 9.90 Å². The van der Waals surface area contributed by atoms with Crippen molar-refractivity contribution in [3.05, 3.63) is 0 Å². The van der Waals surface area contributed by atoms with Crippen LogP contribution in [0.1, 0.15) is 45.4 Å². The van der Waals surface area contributed by atoms with Gasteiger partial charge in [0.15, 0.2) is 0 Å². The van der Waals surface area contributed by atoms with E-state index in [0.717, 1.165) is 0 Å². The first kappa shape index (κ1) is 12.8. The molecule has 1 saturated carbocycles. The quantitative estimate of drug-likeness (QED) is 0.770. The van der Waals surface area contributed by atoms with Gasteiger partial charge >= 0.3 is 0 Å². The van der Waals surface area contributed by atoms with Crippen LogP contribution >= 0.6 is 0 Å². The van der Waals surface area contributed by atoms with Crippen LogP contribution in [-0.4, -0.2) is 47.2 Å². The second-order valence-electron chi connectivity index (χ2n) is 5.74. The molecule has 0 unspecified atom stereocenters. The highest BCUT2D eigenvalue weighted by Crippen LogP contribution is 2.21. The molecule has 1 heterocycles. The van der Waals surface area contributed by atoms with Gasteiger partial charge in [-0.25, -0.2) is 0 Å². The second kappa shape index (κ2) is 5.36. The zero-order valence-corrected chi connectivity index (χ0v) is 10.7. The lowest BCUT2D eigenvalue weighted by Gasteiger charge is -2.36. The summed E-state index contributed by atoms with van der Waals surface area (Å²) in [5, 5.41) is 13.2. The summed E-state index contributed by atoms with van der Waals surface area (Å²) in [5.74, 6) is 0.187. The van der Waals surface area contributed by atoms with Crippen molar-refractivity contribution in [3.63, 3.8) is 0 Å². The minimum Gasteiger partial charge on any atom is -0.390 e. The largest absolute Gasteiger partial charge is 0.390 e. The Kier molecular flexibility index (Phi) is 4.05. The Balaban J connectivity index is 1.69. The lowest BCUT2D eigenvalue weighted by Crippen LogP contribution is -2.48. The fourth-order valence-corrected chi connectivity index (χ4v) is 2.71. The number of nitrogens with zero attached hydrogens (tertiary/aromatic N) is 1. The van der Waals surface area contributed by atoms with E-state index < -0.39 is 5.60 Å². The average molecular weight is 240 g/mol. The fourth-order valence-electron chi connectivity index (χ4n) is 2.71. The number of aliphatic hydroxyl groups is 1. The molecule has 1 aliphatic carbocycles. The van der Waals surface area contributed by atoms with Gasteiger partial charge in [-0.2, -0.15) is 0 Å². The Morgan fingerprint density at radius 3 is 2.53 bits per heavy atom. The number of amides is 1. The van der Waals surface area contributed by atoms with Crippen molar-refractivity contribution in [1.29, 1.82) is 0 Å². The maximum atomic E-state index is 11.9. The molecule has 0 aromatic heterocycles. The van der Waals surface area contributed by atoms with Crippen molar-refractivity contribution in [1.82, 2.24) is 10.2 Å². The normalized spacial score (nSPS) is 25.2. The zero-order chi connectivity index (χ0) is 12.3. The Morgan fingerprint density at radius 2 is 1.94 bits per heavy atom. The maximum Gasteiger partial charge on any atom is 0.236 e. The predicted molar refractivity (Wildman–Crippen MR) is 66.7 cm³/mol. The first-order chi connectivity index (χ1) is 8.07. The number of carbonyl (C=O) groups is 1. The van der Waals surface area contributed by atoms with E-state index in [4.69, 9.17) is 0 Å². The summed E-state index contributed by atoms with van der Waals surface area (Å²) in [6.45, 7) is 3.70. The van der Waals surface area contributed by atoms with Crippen molar-refractivity contribution >= 4 is 5.91 Å². The van der Waals surface area contributed by atoms with Crippen LogP contribution in [0.15, 0.2) is 0 Å². The number of hydrogen-bond acceptors (Lipinski definition) is 3. The molecule has 2 rings (SSSR count). The van der Waals surface area contributed by atoms with Crippen LogP contribution in [0.5, 0.6) is 0 Å². The highest BCUT2D eigenvalue weighted by molar-refractivity contribution is 5.78. The van der Waals surface area contributed by atoms with Crippen molar-refractivity contribution in [3.8, 4) is 0 Å². The smallest absolute Gasteiger partial charge is 0.236 e. The number of nitrogens with one attached hydrogen (secondary N) is 1. The van der Waals surface area contributed by atoms with Gasteiger partial charge in [-0.15, -0.1) is 0 Å². The van der Waals surface area contributed by atoms with E-state index in [0.29, 0.717) is 38.5 Å². The molecule has 1 saturated heterocycles. The van der Waals surface area contributed by atoms with Gasteiger partial charge in [0.05, 0.1) is 12.1 Å². The molecule has 0 atom stereocenters. The monoisotopic (exact) mass is 240 g/mol. The minimum atomic E-state index is -0.574. The third-order valence-corrected chi connectivity index (χ3v) is 4.09. The SMILES string of the molecule is CC1(O)CCN(C(=O)CNC2CCCC2)CC1. The van der Waals surface area contributed by atoms with Gasteiger partial charge in [-0.3, -0.25) is 4.79 Å². The Bertz CT molecular complexity index is 263. The molecule has 4 heteroatoms. The van der Waals surface area contributed by atoms with Crippen LogP contribution in [0, 0.1) is 0 Å². The lowest BCUT2D eigenvalue weighted by molar-refractivity contribution is -0.134. The third-order valence-electron chi connectivity index (χ3n) is 4.09. The van der Waals surface area contributed by atoms with Gasteiger partial charge in [0.2, 0.25) is 5.91 Å². The van der Waals surface area contributed by atoms with Crippen molar-refractivity contribution in [2.75, 3.05) is 19.6 Å². The molecule has 17 heavy (non-hydrogen) atoms. The Labute approximate surface area is 103 Å². The van der Waals surface area contributed by atoms with Gasteiger partial charge in [-0.1, -0.05) is 12.8 Å². The standard InChI is InChI=1S/C13H24N2O2/c1-13(17)6-8-15(9-7-13)12(16)10-14-11-4-2-3-5-11/h11,14,17H,2-10H2,1H3. The van der Waals surface area contributed by atoms with E-state index in [1.54, 1.807) is 0 Å². The summed E-state index contributed by atoms with van der Waals surface area (Å²) < 4.78 is 0.